The topological polar surface area (TPSA) is 499 Å². The Labute approximate surface area is 384 Å². The van der Waals surface area contributed by atoms with Crippen molar-refractivity contribution in [3.8, 4) is 0 Å². The van der Waals surface area contributed by atoms with Crippen molar-refractivity contribution in [2.24, 2.45) is 0 Å². The minimum atomic E-state index is -3.22. The number of aliphatic carboxylic acids is 1. The minimum absolute atomic E-state index is 0.889. The van der Waals surface area contributed by atoms with Crippen LogP contribution in [0.15, 0.2) is 0 Å². The third-order valence-corrected chi connectivity index (χ3v) is 12.0. The van der Waals surface area contributed by atoms with E-state index >= 15 is 0 Å². The van der Waals surface area contributed by atoms with Crippen LogP contribution >= 0.6 is 0 Å². The molecule has 0 aromatic heterocycles. The molecule has 0 aromatic rings. The van der Waals surface area contributed by atoms with E-state index in [9.17, 15) is 101 Å². The van der Waals surface area contributed by atoms with Crippen LogP contribution in [0.25, 0.3) is 0 Å². The van der Waals surface area contributed by atoms with E-state index in [1.807, 2.05) is 0 Å². The van der Waals surface area contributed by atoms with Gasteiger partial charge < -0.3 is 139 Å². The van der Waals surface area contributed by atoms with Gasteiger partial charge in [-0.2, -0.15) is 0 Å². The Morgan fingerprint density at radius 1 is 0.603 bits per heavy atom. The molecule has 26 atom stereocenters. The number of aliphatic hydroxyl groups excluding tert-OH is 16. The molecule has 0 aliphatic carbocycles. The molecule has 1 amide bonds. The van der Waals surface area contributed by atoms with Crippen LogP contribution in [0.2, 0.25) is 0 Å². The lowest BCUT2D eigenvalue weighted by Gasteiger charge is -2.51. The Balaban J connectivity index is 1.40. The molecule has 5 aliphatic heterocycles. The first kappa shape index (κ1) is 56.3. The Bertz CT molecular complexity index is 1650. The van der Waals surface area contributed by atoms with Crippen molar-refractivity contribution >= 4 is 17.8 Å². The predicted octanol–water partition coefficient (Wildman–Crippen LogP) is -12.0. The Morgan fingerprint density at radius 2 is 1.09 bits per heavy atom. The van der Waals surface area contributed by atoms with E-state index in [1.165, 1.54) is 0 Å². The van der Waals surface area contributed by atoms with Crippen LogP contribution < -0.4 is 5.32 Å². The average Bonchev–Trinajstić information content (AvgIpc) is 3.29. The molecule has 31 nitrogen and oxygen atoms in total. The van der Waals surface area contributed by atoms with Crippen LogP contribution in [-0.4, -0.2) is 297 Å². The van der Waals surface area contributed by atoms with Gasteiger partial charge >= 0.3 is 11.9 Å². The fraction of sp³-hybridized carbons (Fsp3) is 0.919. The van der Waals surface area contributed by atoms with E-state index in [4.69, 9.17) is 42.6 Å². The zero-order chi connectivity index (χ0) is 50.7. The molecule has 5 rings (SSSR count). The third-order valence-electron chi connectivity index (χ3n) is 12.0. The molecule has 5 heterocycles. The molecule has 0 bridgehead atoms. The maximum absolute atomic E-state index is 12.9. The van der Waals surface area contributed by atoms with Crippen LogP contribution in [0.4, 0.5) is 0 Å². The van der Waals surface area contributed by atoms with Crippen LogP contribution in [0.5, 0.6) is 0 Å². The highest BCUT2D eigenvalue weighted by Crippen LogP contribution is 2.39. The van der Waals surface area contributed by atoms with Gasteiger partial charge in [-0.05, 0) is 0 Å². The number of aliphatic hydroxyl groups is 16. The molecule has 5 saturated heterocycles. The molecule has 0 radical (unpaired) electrons. The number of hydrogen-bond donors (Lipinski definition) is 18. The van der Waals surface area contributed by atoms with Gasteiger partial charge in [-0.15, -0.1) is 0 Å². The van der Waals surface area contributed by atoms with Crippen LogP contribution in [-0.2, 0) is 61.8 Å². The fourth-order valence-electron chi connectivity index (χ4n) is 8.30. The summed E-state index contributed by atoms with van der Waals surface area (Å²) in [6, 6.07) is -1.82. The monoisotopic (exact) mass is 999 g/mol. The number of carbonyl (C=O) groups is 3. The highest BCUT2D eigenvalue weighted by Gasteiger charge is 2.61. The number of hydrogen-bond acceptors (Lipinski definition) is 29. The predicted molar refractivity (Wildman–Crippen MR) is 205 cm³/mol. The van der Waals surface area contributed by atoms with E-state index in [1.54, 1.807) is 0 Å². The fourth-order valence-corrected chi connectivity index (χ4v) is 8.30. The summed E-state index contributed by atoms with van der Waals surface area (Å²) < 4.78 is 55.0. The summed E-state index contributed by atoms with van der Waals surface area (Å²) in [5.74, 6) is -7.11. The van der Waals surface area contributed by atoms with Gasteiger partial charge in [0, 0.05) is 20.3 Å². The molecule has 68 heavy (non-hydrogen) atoms. The zero-order valence-corrected chi connectivity index (χ0v) is 36.1. The molecule has 0 spiro atoms. The number of ether oxygens (including phenoxy) is 10. The number of carboxylic acids is 1. The summed E-state index contributed by atoms with van der Waals surface area (Å²) >= 11 is 0. The minimum Gasteiger partial charge on any atom is -0.477 e. The number of carboxylic acid groups (broad SMARTS) is 1. The third kappa shape index (κ3) is 12.0. The number of nitrogens with one attached hydrogen (secondary N) is 1. The molecule has 0 unspecified atom stereocenters. The molecule has 31 heteroatoms. The summed E-state index contributed by atoms with van der Waals surface area (Å²) in [5, 5.41) is 183. The summed E-state index contributed by atoms with van der Waals surface area (Å²) in [6.07, 6.45) is -49.8. The highest BCUT2D eigenvalue weighted by atomic mass is 16.8. The van der Waals surface area contributed by atoms with Gasteiger partial charge in [0.05, 0.1) is 32.5 Å². The molecule has 5 fully saturated rings. The van der Waals surface area contributed by atoms with Crippen LogP contribution in [0.3, 0.4) is 0 Å². The first-order valence-electron chi connectivity index (χ1n) is 21.1. The van der Waals surface area contributed by atoms with E-state index in [0.29, 0.717) is 0 Å². The maximum atomic E-state index is 12.9. The van der Waals surface area contributed by atoms with Gasteiger partial charge in [0.15, 0.2) is 25.2 Å². The molecule has 5 aliphatic rings. The van der Waals surface area contributed by atoms with Crippen molar-refractivity contribution in [1.29, 1.82) is 0 Å². The van der Waals surface area contributed by atoms with E-state index in [-0.39, 0.29) is 0 Å². The van der Waals surface area contributed by atoms with Gasteiger partial charge in [0.2, 0.25) is 5.91 Å². The molecule has 18 N–H and O–H groups in total. The van der Waals surface area contributed by atoms with Gasteiger partial charge in [0.1, 0.15) is 129 Å². The quantitative estimate of drug-likeness (QED) is 0.0567. The van der Waals surface area contributed by atoms with Crippen LogP contribution in [0, 0.1) is 0 Å². The van der Waals surface area contributed by atoms with Crippen molar-refractivity contribution < 1.29 is 149 Å². The highest BCUT2D eigenvalue weighted by molar-refractivity contribution is 5.76. The Hall–Kier alpha value is -2.59. The average molecular weight is 1000 g/mol. The SMILES string of the molecule is CC(=O)N[C@H]1[C@H](O[C@@H]2[C@H](O)[C@@H](O)[C@H](O[C@H]3[C@H](O)[C@@H](O)[C@H](O)O[C@@H]3CO)O[C@@H]2CO)O[C@H](CO)[C@H](O)[C@@H]1O[C@@H]1O[C@H](CO)[C@H](O)[C@H](O[C@]2(C(=O)O)C[C@H](O)[C@@H](O)[C@H]([C@H](O)[C@H](O)COC(C)=O)O2)[C@H]1O. The molecular formula is C37H61NO30. The number of carbonyl (C=O) groups excluding carboxylic acids is 2. The van der Waals surface area contributed by atoms with Gasteiger partial charge in [0.25, 0.3) is 5.79 Å². The van der Waals surface area contributed by atoms with Crippen molar-refractivity contribution in [2.75, 3.05) is 33.0 Å². The molecule has 0 saturated carbocycles. The lowest BCUT2D eigenvalue weighted by atomic mass is 9.90. The van der Waals surface area contributed by atoms with Gasteiger partial charge in [-0.1, -0.05) is 0 Å². The number of esters is 1. The van der Waals surface area contributed by atoms with Crippen molar-refractivity contribution in [3.63, 3.8) is 0 Å². The van der Waals surface area contributed by atoms with E-state index in [2.05, 4.69) is 10.1 Å². The first-order chi connectivity index (χ1) is 31.9. The second-order valence-electron chi connectivity index (χ2n) is 16.7. The van der Waals surface area contributed by atoms with Gasteiger partial charge in [-0.3, -0.25) is 9.59 Å². The standard InChI is InChI=1S/C37H61NO30/c1-9(43)38-17-29(20(49)13(4-39)61-33(17)64-28-16(7-42)63-34(25(54)23(28)52)65-27-15(6-41)60-32(56)24(53)22(27)51)66-35-26(55)31(21(50)14(5-40)62-35)68-37(36(57)58)3-11(45)18(47)30(67-37)19(48)12(46)8-59-10(2)44/h11-35,39-42,45-56H,3-8H2,1-2H3,(H,38,43)(H,57,58)/t11-,12+,13+,14+,15+,16+,17+,18+,19+,20-,21-,22+,23+,24+,25+,26+,27+,28-,29+,30+,31-,32+,33-,34-,35-,37-/m0/s1. The number of amides is 1. The molecule has 394 valence electrons. The Morgan fingerprint density at radius 3 is 1.63 bits per heavy atom. The van der Waals surface area contributed by atoms with Crippen molar-refractivity contribution in [1.82, 2.24) is 5.32 Å². The molecule has 0 aromatic carbocycles. The second kappa shape index (κ2) is 23.8. The summed E-state index contributed by atoms with van der Waals surface area (Å²) in [7, 11) is 0. The second-order valence-corrected chi connectivity index (χ2v) is 16.7. The van der Waals surface area contributed by atoms with E-state index < -0.39 is 216 Å². The lowest BCUT2D eigenvalue weighted by Crippen LogP contribution is -2.71. The summed E-state index contributed by atoms with van der Waals surface area (Å²) in [4.78, 5) is 36.8. The number of rotatable bonds is 18. The zero-order valence-electron chi connectivity index (χ0n) is 36.1. The van der Waals surface area contributed by atoms with E-state index in [0.717, 1.165) is 13.8 Å². The summed E-state index contributed by atoms with van der Waals surface area (Å²) in [6.45, 7) is -3.06. The maximum Gasteiger partial charge on any atom is 0.364 e. The van der Waals surface area contributed by atoms with Crippen molar-refractivity contribution in [3.05, 3.63) is 0 Å². The Kier molecular flexibility index (Phi) is 19.7. The molecular weight excluding hydrogens is 938 g/mol. The van der Waals surface area contributed by atoms with Gasteiger partial charge in [-0.25, -0.2) is 4.79 Å². The summed E-state index contributed by atoms with van der Waals surface area (Å²) in [5.41, 5.74) is 0. The lowest BCUT2D eigenvalue weighted by molar-refractivity contribution is -0.391. The smallest absolute Gasteiger partial charge is 0.364 e. The normalized spacial score (nSPS) is 46.6. The first-order valence-corrected chi connectivity index (χ1v) is 21.1. The largest absolute Gasteiger partial charge is 0.477 e. The van der Waals surface area contributed by atoms with Crippen molar-refractivity contribution in [2.45, 2.75) is 179 Å². The van der Waals surface area contributed by atoms with Crippen LogP contribution in [0.1, 0.15) is 20.3 Å².